The summed E-state index contributed by atoms with van der Waals surface area (Å²) >= 11 is 0. The molecule has 1 unspecified atom stereocenters. The fourth-order valence-corrected chi connectivity index (χ4v) is 3.10. The SMILES string of the molecule is CCc1nc2ccc3c(c2o1)C(CCNC(C)=O)CC3. The van der Waals surface area contributed by atoms with Crippen LogP contribution >= 0.6 is 0 Å². The van der Waals surface area contributed by atoms with Crippen molar-refractivity contribution in [2.45, 2.75) is 45.4 Å². The Balaban J connectivity index is 1.90. The van der Waals surface area contributed by atoms with E-state index < -0.39 is 0 Å². The van der Waals surface area contributed by atoms with Crippen LogP contribution in [0.3, 0.4) is 0 Å². The summed E-state index contributed by atoms with van der Waals surface area (Å²) in [5.41, 5.74) is 4.63. The zero-order valence-corrected chi connectivity index (χ0v) is 12.0. The first-order valence-corrected chi connectivity index (χ1v) is 7.34. The molecule has 1 aromatic carbocycles. The van der Waals surface area contributed by atoms with E-state index in [0.717, 1.165) is 49.2 Å². The van der Waals surface area contributed by atoms with Gasteiger partial charge >= 0.3 is 0 Å². The average molecular weight is 272 g/mol. The van der Waals surface area contributed by atoms with Gasteiger partial charge in [-0.25, -0.2) is 4.98 Å². The Bertz CT molecular complexity index is 645. The van der Waals surface area contributed by atoms with Crippen molar-refractivity contribution in [1.82, 2.24) is 10.3 Å². The van der Waals surface area contributed by atoms with Gasteiger partial charge in [0.05, 0.1) is 0 Å². The molecule has 4 heteroatoms. The maximum absolute atomic E-state index is 11.0. The van der Waals surface area contributed by atoms with Gasteiger partial charge in [-0.3, -0.25) is 4.79 Å². The Kier molecular flexibility index (Phi) is 3.47. The third-order valence-corrected chi connectivity index (χ3v) is 4.07. The summed E-state index contributed by atoms with van der Waals surface area (Å²) in [6.45, 7) is 4.34. The first-order chi connectivity index (χ1) is 9.69. The van der Waals surface area contributed by atoms with Crippen LogP contribution in [0.5, 0.6) is 0 Å². The lowest BCUT2D eigenvalue weighted by Gasteiger charge is -2.11. The largest absolute Gasteiger partial charge is 0.440 e. The summed E-state index contributed by atoms with van der Waals surface area (Å²) in [4.78, 5) is 15.5. The standard InChI is InChI=1S/C16H20N2O2/c1-3-14-18-13-7-6-11-4-5-12(8-9-17-10(2)19)15(11)16(13)20-14/h6-7,12H,3-5,8-9H2,1-2H3,(H,17,19). The van der Waals surface area contributed by atoms with Gasteiger partial charge in [-0.15, -0.1) is 0 Å². The molecule has 1 atom stereocenters. The Morgan fingerprint density at radius 1 is 1.50 bits per heavy atom. The zero-order valence-electron chi connectivity index (χ0n) is 12.0. The van der Waals surface area contributed by atoms with Crippen LogP contribution in [0.4, 0.5) is 0 Å². The number of hydrogen-bond donors (Lipinski definition) is 1. The van der Waals surface area contributed by atoms with Crippen molar-refractivity contribution < 1.29 is 9.21 Å². The molecule has 1 aromatic heterocycles. The molecule has 20 heavy (non-hydrogen) atoms. The van der Waals surface area contributed by atoms with Gasteiger partial charge in [0, 0.05) is 25.5 Å². The fourth-order valence-electron chi connectivity index (χ4n) is 3.10. The molecule has 1 amide bonds. The van der Waals surface area contributed by atoms with Gasteiger partial charge in [0.2, 0.25) is 5.91 Å². The minimum absolute atomic E-state index is 0.0364. The normalized spacial score (nSPS) is 17.4. The molecule has 106 valence electrons. The summed E-state index contributed by atoms with van der Waals surface area (Å²) in [5, 5.41) is 2.88. The second-order valence-electron chi connectivity index (χ2n) is 5.46. The number of amides is 1. The number of aromatic nitrogens is 1. The van der Waals surface area contributed by atoms with Crippen molar-refractivity contribution in [3.63, 3.8) is 0 Å². The predicted octanol–water partition coefficient (Wildman–Crippen LogP) is 2.95. The van der Waals surface area contributed by atoms with E-state index >= 15 is 0 Å². The molecular formula is C16H20N2O2. The number of fused-ring (bicyclic) bond motifs is 3. The zero-order chi connectivity index (χ0) is 14.1. The molecule has 0 fully saturated rings. The maximum atomic E-state index is 11.0. The topological polar surface area (TPSA) is 55.1 Å². The molecule has 1 aliphatic carbocycles. The van der Waals surface area contributed by atoms with E-state index in [1.54, 1.807) is 6.92 Å². The van der Waals surface area contributed by atoms with Crippen LogP contribution in [0.25, 0.3) is 11.1 Å². The summed E-state index contributed by atoms with van der Waals surface area (Å²) < 4.78 is 5.92. The first-order valence-electron chi connectivity index (χ1n) is 7.34. The van der Waals surface area contributed by atoms with E-state index in [9.17, 15) is 4.79 Å². The summed E-state index contributed by atoms with van der Waals surface area (Å²) in [6.07, 6.45) is 4.02. The highest BCUT2D eigenvalue weighted by Crippen LogP contribution is 2.40. The van der Waals surface area contributed by atoms with Crippen molar-refractivity contribution in [3.8, 4) is 0 Å². The number of nitrogens with zero attached hydrogens (tertiary/aromatic N) is 1. The highest BCUT2D eigenvalue weighted by Gasteiger charge is 2.26. The summed E-state index contributed by atoms with van der Waals surface area (Å²) in [5.74, 6) is 1.31. The van der Waals surface area contributed by atoms with Gasteiger partial charge < -0.3 is 9.73 Å². The van der Waals surface area contributed by atoms with Crippen LogP contribution in [0, 0.1) is 0 Å². The molecule has 1 heterocycles. The number of oxazole rings is 1. The quantitative estimate of drug-likeness (QED) is 0.931. The molecule has 0 spiro atoms. The molecule has 1 aliphatic rings. The van der Waals surface area contributed by atoms with Crippen LogP contribution in [0.2, 0.25) is 0 Å². The Morgan fingerprint density at radius 3 is 3.10 bits per heavy atom. The maximum Gasteiger partial charge on any atom is 0.216 e. The van der Waals surface area contributed by atoms with Crippen molar-refractivity contribution >= 4 is 17.0 Å². The highest BCUT2D eigenvalue weighted by molar-refractivity contribution is 5.79. The molecule has 0 bridgehead atoms. The van der Waals surface area contributed by atoms with E-state index in [2.05, 4.69) is 29.4 Å². The van der Waals surface area contributed by atoms with Gasteiger partial charge in [0.15, 0.2) is 11.5 Å². The van der Waals surface area contributed by atoms with Crippen molar-refractivity contribution in [3.05, 3.63) is 29.2 Å². The molecule has 1 N–H and O–H groups in total. The number of rotatable bonds is 4. The van der Waals surface area contributed by atoms with Gasteiger partial charge in [-0.2, -0.15) is 0 Å². The molecule has 4 nitrogen and oxygen atoms in total. The lowest BCUT2D eigenvalue weighted by molar-refractivity contribution is -0.118. The van der Waals surface area contributed by atoms with E-state index in [-0.39, 0.29) is 5.91 Å². The summed E-state index contributed by atoms with van der Waals surface area (Å²) in [6, 6.07) is 4.24. The first kappa shape index (κ1) is 13.2. The Hall–Kier alpha value is -1.84. The van der Waals surface area contributed by atoms with Crippen molar-refractivity contribution in [2.75, 3.05) is 6.54 Å². The number of nitrogens with one attached hydrogen (secondary N) is 1. The fraction of sp³-hybridized carbons (Fsp3) is 0.500. The van der Waals surface area contributed by atoms with Crippen LogP contribution in [-0.2, 0) is 17.6 Å². The van der Waals surface area contributed by atoms with E-state index in [1.165, 1.54) is 11.1 Å². The van der Waals surface area contributed by atoms with E-state index in [0.29, 0.717) is 5.92 Å². The van der Waals surface area contributed by atoms with E-state index in [1.807, 2.05) is 0 Å². The average Bonchev–Trinajstić information content (AvgIpc) is 3.00. The Labute approximate surface area is 118 Å². The van der Waals surface area contributed by atoms with Gasteiger partial charge in [0.25, 0.3) is 0 Å². The smallest absolute Gasteiger partial charge is 0.216 e. The van der Waals surface area contributed by atoms with Crippen LogP contribution < -0.4 is 5.32 Å². The third kappa shape index (κ3) is 2.30. The second kappa shape index (κ2) is 5.27. The lowest BCUT2D eigenvalue weighted by Crippen LogP contribution is -2.22. The monoisotopic (exact) mass is 272 g/mol. The number of carbonyl (C=O) groups is 1. The summed E-state index contributed by atoms with van der Waals surface area (Å²) in [7, 11) is 0. The van der Waals surface area contributed by atoms with Gasteiger partial charge in [-0.05, 0) is 36.8 Å². The van der Waals surface area contributed by atoms with E-state index in [4.69, 9.17) is 4.42 Å². The van der Waals surface area contributed by atoms with Crippen molar-refractivity contribution in [2.24, 2.45) is 0 Å². The second-order valence-corrected chi connectivity index (χ2v) is 5.46. The third-order valence-electron chi connectivity index (χ3n) is 4.07. The number of benzene rings is 1. The highest BCUT2D eigenvalue weighted by atomic mass is 16.3. The van der Waals surface area contributed by atoms with Crippen LogP contribution in [0.15, 0.2) is 16.5 Å². The molecule has 3 rings (SSSR count). The molecule has 2 aromatic rings. The number of carbonyl (C=O) groups excluding carboxylic acids is 1. The minimum Gasteiger partial charge on any atom is -0.440 e. The van der Waals surface area contributed by atoms with Crippen molar-refractivity contribution in [1.29, 1.82) is 0 Å². The lowest BCUT2D eigenvalue weighted by atomic mass is 9.97. The number of aryl methyl sites for hydroxylation is 2. The molecule has 0 radical (unpaired) electrons. The minimum atomic E-state index is 0.0364. The number of hydrogen-bond acceptors (Lipinski definition) is 3. The Morgan fingerprint density at radius 2 is 2.35 bits per heavy atom. The van der Waals surface area contributed by atoms with Gasteiger partial charge in [-0.1, -0.05) is 13.0 Å². The molecule has 0 saturated carbocycles. The van der Waals surface area contributed by atoms with Crippen LogP contribution in [-0.4, -0.2) is 17.4 Å². The van der Waals surface area contributed by atoms with Crippen LogP contribution in [0.1, 0.15) is 49.6 Å². The molecule has 0 saturated heterocycles. The van der Waals surface area contributed by atoms with Gasteiger partial charge in [0.1, 0.15) is 5.52 Å². The molecular weight excluding hydrogens is 252 g/mol. The predicted molar refractivity (Wildman–Crippen MR) is 77.7 cm³/mol. The molecule has 0 aliphatic heterocycles.